The van der Waals surface area contributed by atoms with Gasteiger partial charge in [0.05, 0.1) is 0 Å². The second-order valence-electron chi connectivity index (χ2n) is 13.1. The van der Waals surface area contributed by atoms with Crippen molar-refractivity contribution in [3.8, 4) is 0 Å². The quantitative estimate of drug-likeness (QED) is 0.0865. The molecule has 0 aliphatic rings. The van der Waals surface area contributed by atoms with E-state index in [1.807, 2.05) is 24.3 Å². The molecule has 0 saturated heterocycles. The molecule has 5 aromatic rings. The van der Waals surface area contributed by atoms with Crippen LogP contribution >= 0.6 is 0 Å². The minimum absolute atomic E-state index is 0.823. The highest BCUT2D eigenvalue weighted by Gasteiger charge is 2.09. The van der Waals surface area contributed by atoms with E-state index in [-0.39, 0.29) is 0 Å². The lowest BCUT2D eigenvalue weighted by molar-refractivity contribution is 0.713. The van der Waals surface area contributed by atoms with Crippen LogP contribution in [0, 0.1) is 0 Å². The van der Waals surface area contributed by atoms with E-state index in [2.05, 4.69) is 98.8 Å². The molecule has 0 spiro atoms. The van der Waals surface area contributed by atoms with E-state index in [9.17, 15) is 0 Å². The molecule has 2 heteroatoms. The molecule has 2 nitrogen and oxygen atoms in total. The lowest BCUT2D eigenvalue weighted by Gasteiger charge is -2.14. The van der Waals surface area contributed by atoms with Crippen LogP contribution in [0.4, 0.5) is 11.4 Å². The van der Waals surface area contributed by atoms with Crippen LogP contribution in [0.3, 0.4) is 0 Å². The molecule has 0 aliphatic heterocycles. The highest BCUT2D eigenvalue weighted by atomic mass is 14.5. The molecule has 0 heterocycles. The van der Waals surface area contributed by atoms with E-state index in [1.54, 1.807) is 0 Å². The van der Waals surface area contributed by atoms with Crippen molar-refractivity contribution in [3.05, 3.63) is 165 Å². The molecular formula is C44H52N2. The van der Waals surface area contributed by atoms with Crippen LogP contribution < -0.4 is 11.5 Å². The number of hydrogen-bond acceptors (Lipinski definition) is 2. The van der Waals surface area contributed by atoms with Crippen molar-refractivity contribution in [1.82, 2.24) is 0 Å². The number of aryl methyl sites for hydroxylation is 2. The second kappa shape index (κ2) is 16.9. The van der Waals surface area contributed by atoms with Crippen molar-refractivity contribution in [2.75, 3.05) is 11.5 Å². The number of nitrogen functional groups attached to an aromatic ring is 2. The first-order valence-corrected chi connectivity index (χ1v) is 17.5. The molecule has 0 unspecified atom stereocenters. The summed E-state index contributed by atoms with van der Waals surface area (Å²) < 4.78 is 0. The molecule has 0 fully saturated rings. The van der Waals surface area contributed by atoms with Crippen molar-refractivity contribution in [1.29, 1.82) is 0 Å². The van der Waals surface area contributed by atoms with Gasteiger partial charge in [-0.3, -0.25) is 0 Å². The molecule has 0 atom stereocenters. The maximum Gasteiger partial charge on any atom is 0.0314 e. The Kier molecular flexibility index (Phi) is 12.1. The Hall–Kier alpha value is -4.30. The van der Waals surface area contributed by atoms with Gasteiger partial charge in [-0.05, 0) is 131 Å². The summed E-state index contributed by atoms with van der Waals surface area (Å²) in [4.78, 5) is 0. The Morgan fingerprint density at radius 3 is 1.04 bits per heavy atom. The summed E-state index contributed by atoms with van der Waals surface area (Å²) >= 11 is 0. The summed E-state index contributed by atoms with van der Waals surface area (Å²) in [5, 5.41) is 0. The molecule has 5 rings (SSSR count). The Morgan fingerprint density at radius 2 is 0.674 bits per heavy atom. The van der Waals surface area contributed by atoms with Gasteiger partial charge in [0.25, 0.3) is 0 Å². The molecule has 238 valence electrons. The summed E-state index contributed by atoms with van der Waals surface area (Å²) in [6, 6.07) is 40.3. The largest absolute Gasteiger partial charge is 0.399 e. The lowest BCUT2D eigenvalue weighted by Crippen LogP contribution is -2.00. The van der Waals surface area contributed by atoms with Crippen molar-refractivity contribution in [2.45, 2.75) is 90.9 Å². The van der Waals surface area contributed by atoms with Crippen LogP contribution in [0.25, 0.3) is 0 Å². The molecule has 0 radical (unpaired) electrons. The first-order valence-electron chi connectivity index (χ1n) is 17.5. The van der Waals surface area contributed by atoms with E-state index in [0.29, 0.717) is 0 Å². The van der Waals surface area contributed by atoms with Crippen LogP contribution in [-0.4, -0.2) is 0 Å². The molecule has 0 amide bonds. The predicted molar refractivity (Wildman–Crippen MR) is 199 cm³/mol. The van der Waals surface area contributed by atoms with Gasteiger partial charge in [0.2, 0.25) is 0 Å². The standard InChI is InChI=1S/C44H52N2/c1-3-5-7-9-39-31-37(15-21-41(39)29-35-17-23-43(45)24-18-35)27-33-11-13-34(14-12-33)28-38-16-22-42(40(32-38)10-8-6-4-2)30-36-19-25-44(46)26-20-36/h11-26,31-32H,3-10,27-30,45-46H2,1-2H3. The summed E-state index contributed by atoms with van der Waals surface area (Å²) in [5.74, 6) is 0. The number of rotatable bonds is 16. The second-order valence-corrected chi connectivity index (χ2v) is 13.1. The average molecular weight is 609 g/mol. The van der Waals surface area contributed by atoms with E-state index in [4.69, 9.17) is 11.5 Å². The maximum atomic E-state index is 5.93. The average Bonchev–Trinajstić information content (AvgIpc) is 3.06. The third kappa shape index (κ3) is 9.85. The molecule has 4 N–H and O–H groups in total. The first kappa shape index (κ1) is 33.1. The summed E-state index contributed by atoms with van der Waals surface area (Å²) in [6.45, 7) is 4.56. The van der Waals surface area contributed by atoms with Gasteiger partial charge in [-0.15, -0.1) is 0 Å². The van der Waals surface area contributed by atoms with Gasteiger partial charge in [0, 0.05) is 11.4 Å². The van der Waals surface area contributed by atoms with Crippen molar-refractivity contribution < 1.29 is 0 Å². The van der Waals surface area contributed by atoms with Gasteiger partial charge in [-0.25, -0.2) is 0 Å². The zero-order chi connectivity index (χ0) is 32.1. The summed E-state index contributed by atoms with van der Waals surface area (Å²) in [7, 11) is 0. The molecule has 0 bridgehead atoms. The lowest BCUT2D eigenvalue weighted by atomic mass is 9.91. The topological polar surface area (TPSA) is 52.0 Å². The Balaban J connectivity index is 1.26. The van der Waals surface area contributed by atoms with Gasteiger partial charge < -0.3 is 11.5 Å². The summed E-state index contributed by atoms with van der Waals surface area (Å²) in [5.41, 5.74) is 27.5. The molecule has 0 aliphatic carbocycles. The normalized spacial score (nSPS) is 11.2. The van der Waals surface area contributed by atoms with Gasteiger partial charge in [0.15, 0.2) is 0 Å². The number of anilines is 2. The van der Waals surface area contributed by atoms with E-state index in [0.717, 1.165) is 49.9 Å². The van der Waals surface area contributed by atoms with Gasteiger partial charge in [-0.2, -0.15) is 0 Å². The molecule has 0 aromatic heterocycles. The first-order chi connectivity index (χ1) is 22.5. The Labute approximate surface area is 277 Å². The third-order valence-corrected chi connectivity index (χ3v) is 9.23. The van der Waals surface area contributed by atoms with Crippen molar-refractivity contribution in [3.63, 3.8) is 0 Å². The van der Waals surface area contributed by atoms with E-state index < -0.39 is 0 Å². The predicted octanol–water partition coefficient (Wildman–Crippen LogP) is 10.7. The zero-order valence-corrected chi connectivity index (χ0v) is 28.0. The fraction of sp³-hybridized carbons (Fsp3) is 0.318. The van der Waals surface area contributed by atoms with Crippen LogP contribution in [0.1, 0.15) is 108 Å². The minimum atomic E-state index is 0.823. The smallest absolute Gasteiger partial charge is 0.0314 e. The van der Waals surface area contributed by atoms with Crippen LogP contribution in [0.15, 0.2) is 109 Å². The number of unbranched alkanes of at least 4 members (excludes halogenated alkanes) is 4. The number of hydrogen-bond donors (Lipinski definition) is 2. The minimum Gasteiger partial charge on any atom is -0.399 e. The Morgan fingerprint density at radius 1 is 0.348 bits per heavy atom. The molecule has 5 aromatic carbocycles. The highest BCUT2D eigenvalue weighted by molar-refractivity contribution is 5.45. The molecular weight excluding hydrogens is 556 g/mol. The monoisotopic (exact) mass is 608 g/mol. The van der Waals surface area contributed by atoms with Crippen molar-refractivity contribution in [2.24, 2.45) is 0 Å². The van der Waals surface area contributed by atoms with Crippen LogP contribution in [0.5, 0.6) is 0 Å². The highest BCUT2D eigenvalue weighted by Crippen LogP contribution is 2.24. The fourth-order valence-electron chi connectivity index (χ4n) is 6.48. The molecule has 46 heavy (non-hydrogen) atoms. The number of benzene rings is 5. The van der Waals surface area contributed by atoms with Crippen LogP contribution in [0.2, 0.25) is 0 Å². The zero-order valence-electron chi connectivity index (χ0n) is 28.0. The van der Waals surface area contributed by atoms with Crippen LogP contribution in [-0.2, 0) is 38.5 Å². The van der Waals surface area contributed by atoms with Gasteiger partial charge in [-0.1, -0.05) is 124 Å². The van der Waals surface area contributed by atoms with Gasteiger partial charge >= 0.3 is 0 Å². The molecule has 0 saturated carbocycles. The number of nitrogens with two attached hydrogens (primary N) is 2. The van der Waals surface area contributed by atoms with Gasteiger partial charge in [0.1, 0.15) is 0 Å². The SMILES string of the molecule is CCCCCc1cc(Cc2ccc(Cc3ccc(Cc4ccc(N)cc4)c(CCCCC)c3)cc2)ccc1Cc1ccc(N)cc1. The Bertz CT molecular complexity index is 1520. The van der Waals surface area contributed by atoms with E-state index in [1.165, 1.54) is 94.2 Å². The maximum absolute atomic E-state index is 5.93. The third-order valence-electron chi connectivity index (χ3n) is 9.23. The van der Waals surface area contributed by atoms with E-state index >= 15 is 0 Å². The fourth-order valence-corrected chi connectivity index (χ4v) is 6.48. The summed E-state index contributed by atoms with van der Waals surface area (Å²) in [6.07, 6.45) is 13.7. The van der Waals surface area contributed by atoms with Crippen molar-refractivity contribution >= 4 is 11.4 Å².